The molecule has 0 spiro atoms. The van der Waals surface area contributed by atoms with Gasteiger partial charge in [-0.2, -0.15) is 0 Å². The van der Waals surface area contributed by atoms with Crippen molar-refractivity contribution in [3.05, 3.63) is 0 Å². The number of carbonyl (C=O) groups excluding carboxylic acids is 1. The zero-order valence-corrected chi connectivity index (χ0v) is 11.9. The highest BCUT2D eigenvalue weighted by Crippen LogP contribution is 2.42. The standard InChI is InChI=1S/C14H27N3O/c1-10(2)8-17(3)9-14(13(15)18,11-4-5-11)16-12-6-7-12/h10-12,16H,4-9H2,1-3H3,(H2,15,18). The smallest absolute Gasteiger partial charge is 0.239 e. The number of hydrogen-bond donors (Lipinski definition) is 2. The van der Waals surface area contributed by atoms with Gasteiger partial charge in [0.1, 0.15) is 5.54 Å². The Balaban J connectivity index is 2.04. The Bertz CT molecular complexity index is 310. The van der Waals surface area contributed by atoms with Crippen molar-refractivity contribution in [1.82, 2.24) is 10.2 Å². The third kappa shape index (κ3) is 3.23. The van der Waals surface area contributed by atoms with E-state index in [1.807, 2.05) is 0 Å². The summed E-state index contributed by atoms with van der Waals surface area (Å²) < 4.78 is 0. The first-order valence-corrected chi connectivity index (χ1v) is 7.20. The molecule has 2 fully saturated rings. The van der Waals surface area contributed by atoms with Crippen LogP contribution < -0.4 is 11.1 Å². The van der Waals surface area contributed by atoms with Gasteiger partial charge >= 0.3 is 0 Å². The van der Waals surface area contributed by atoms with Crippen molar-refractivity contribution in [2.45, 2.75) is 51.1 Å². The van der Waals surface area contributed by atoms with Gasteiger partial charge in [0, 0.05) is 19.1 Å². The van der Waals surface area contributed by atoms with E-state index in [4.69, 9.17) is 5.73 Å². The molecule has 0 heterocycles. The summed E-state index contributed by atoms with van der Waals surface area (Å²) >= 11 is 0. The Morgan fingerprint density at radius 3 is 2.39 bits per heavy atom. The zero-order valence-electron chi connectivity index (χ0n) is 11.9. The van der Waals surface area contributed by atoms with Crippen molar-refractivity contribution in [2.24, 2.45) is 17.6 Å². The second-order valence-corrected chi connectivity index (χ2v) is 6.62. The second-order valence-electron chi connectivity index (χ2n) is 6.62. The third-order valence-corrected chi connectivity index (χ3v) is 3.95. The molecular formula is C14H27N3O. The van der Waals surface area contributed by atoms with E-state index < -0.39 is 5.54 Å². The van der Waals surface area contributed by atoms with Gasteiger partial charge < -0.3 is 10.6 Å². The number of carbonyl (C=O) groups is 1. The van der Waals surface area contributed by atoms with Gasteiger partial charge in [0.25, 0.3) is 0 Å². The zero-order chi connectivity index (χ0) is 13.3. The molecule has 2 aliphatic carbocycles. The van der Waals surface area contributed by atoms with Crippen LogP contribution >= 0.6 is 0 Å². The Morgan fingerprint density at radius 1 is 1.39 bits per heavy atom. The molecule has 0 saturated heterocycles. The highest BCUT2D eigenvalue weighted by atomic mass is 16.1. The van der Waals surface area contributed by atoms with E-state index in [0.29, 0.717) is 17.9 Å². The fraction of sp³-hybridized carbons (Fsp3) is 0.929. The fourth-order valence-electron chi connectivity index (χ4n) is 2.92. The monoisotopic (exact) mass is 253 g/mol. The first kappa shape index (κ1) is 13.8. The first-order chi connectivity index (χ1) is 8.44. The number of amides is 1. The van der Waals surface area contributed by atoms with Gasteiger partial charge in [-0.15, -0.1) is 0 Å². The minimum Gasteiger partial charge on any atom is -0.368 e. The van der Waals surface area contributed by atoms with Crippen LogP contribution in [0.4, 0.5) is 0 Å². The van der Waals surface area contributed by atoms with Crippen molar-refractivity contribution < 1.29 is 4.79 Å². The van der Waals surface area contributed by atoms with Gasteiger partial charge in [-0.1, -0.05) is 13.8 Å². The van der Waals surface area contributed by atoms with E-state index in [-0.39, 0.29) is 5.91 Å². The molecule has 1 unspecified atom stereocenters. The summed E-state index contributed by atoms with van der Waals surface area (Å²) in [7, 11) is 2.09. The minimum atomic E-state index is -0.481. The van der Waals surface area contributed by atoms with Gasteiger partial charge in [-0.3, -0.25) is 10.1 Å². The van der Waals surface area contributed by atoms with Crippen LogP contribution in [0.25, 0.3) is 0 Å². The number of nitrogens with zero attached hydrogens (tertiary/aromatic N) is 1. The van der Waals surface area contributed by atoms with Crippen LogP contribution in [0.1, 0.15) is 39.5 Å². The minimum absolute atomic E-state index is 0.160. The maximum absolute atomic E-state index is 12.0. The highest BCUT2D eigenvalue weighted by Gasteiger charge is 2.52. The Morgan fingerprint density at radius 2 is 2.00 bits per heavy atom. The number of primary amides is 1. The summed E-state index contributed by atoms with van der Waals surface area (Å²) in [4.78, 5) is 14.3. The Hall–Kier alpha value is -0.610. The predicted octanol–water partition coefficient (Wildman–Crippen LogP) is 0.960. The summed E-state index contributed by atoms with van der Waals surface area (Å²) in [6, 6.07) is 0.519. The Labute approximate surface area is 110 Å². The number of likely N-dealkylation sites (N-methyl/N-ethyl adjacent to an activating group) is 1. The van der Waals surface area contributed by atoms with E-state index in [9.17, 15) is 4.79 Å². The lowest BCUT2D eigenvalue weighted by atomic mass is 9.91. The lowest BCUT2D eigenvalue weighted by Crippen LogP contribution is -2.63. The molecule has 1 atom stereocenters. The molecule has 104 valence electrons. The van der Waals surface area contributed by atoms with Gasteiger partial charge in [-0.25, -0.2) is 0 Å². The Kier molecular flexibility index (Phi) is 3.97. The third-order valence-electron chi connectivity index (χ3n) is 3.95. The lowest BCUT2D eigenvalue weighted by molar-refractivity contribution is -0.126. The predicted molar refractivity (Wildman–Crippen MR) is 73.1 cm³/mol. The van der Waals surface area contributed by atoms with Crippen LogP contribution in [0, 0.1) is 11.8 Å². The molecule has 0 radical (unpaired) electrons. The van der Waals surface area contributed by atoms with Gasteiger partial charge in [0.15, 0.2) is 0 Å². The van der Waals surface area contributed by atoms with E-state index in [0.717, 1.165) is 25.9 Å². The SMILES string of the molecule is CC(C)CN(C)CC(NC1CC1)(C(N)=O)C1CC1. The summed E-state index contributed by atoms with van der Waals surface area (Å²) in [6.45, 7) is 6.16. The van der Waals surface area contributed by atoms with Crippen molar-refractivity contribution >= 4 is 5.91 Å². The maximum atomic E-state index is 12.0. The molecule has 0 aromatic rings. The first-order valence-electron chi connectivity index (χ1n) is 7.20. The molecule has 1 amide bonds. The molecule has 4 nitrogen and oxygen atoms in total. The van der Waals surface area contributed by atoms with E-state index in [1.54, 1.807) is 0 Å². The highest BCUT2D eigenvalue weighted by molar-refractivity contribution is 5.86. The summed E-state index contributed by atoms with van der Waals surface area (Å²) in [5, 5.41) is 3.55. The summed E-state index contributed by atoms with van der Waals surface area (Å²) in [5.74, 6) is 0.901. The van der Waals surface area contributed by atoms with Crippen molar-refractivity contribution in [3.63, 3.8) is 0 Å². The molecule has 3 N–H and O–H groups in total. The molecule has 18 heavy (non-hydrogen) atoms. The van der Waals surface area contributed by atoms with E-state index in [1.165, 1.54) is 12.8 Å². The summed E-state index contributed by atoms with van der Waals surface area (Å²) in [6.07, 6.45) is 4.65. The number of rotatable bonds is 8. The number of hydrogen-bond acceptors (Lipinski definition) is 3. The molecule has 2 saturated carbocycles. The molecule has 2 rings (SSSR count). The molecule has 0 aliphatic heterocycles. The topological polar surface area (TPSA) is 58.4 Å². The second kappa shape index (κ2) is 5.17. The van der Waals surface area contributed by atoms with Crippen LogP contribution in [0.3, 0.4) is 0 Å². The molecule has 0 aromatic heterocycles. The fourth-order valence-corrected chi connectivity index (χ4v) is 2.92. The lowest BCUT2D eigenvalue weighted by Gasteiger charge is -2.36. The average molecular weight is 253 g/mol. The van der Waals surface area contributed by atoms with E-state index >= 15 is 0 Å². The average Bonchev–Trinajstić information content (AvgIpc) is 3.10. The van der Waals surface area contributed by atoms with Crippen molar-refractivity contribution in [2.75, 3.05) is 20.1 Å². The van der Waals surface area contributed by atoms with Gasteiger partial charge in [0.2, 0.25) is 5.91 Å². The van der Waals surface area contributed by atoms with Crippen LogP contribution in [-0.2, 0) is 4.79 Å². The number of nitrogens with two attached hydrogens (primary N) is 1. The molecule has 0 bridgehead atoms. The summed E-state index contributed by atoms with van der Waals surface area (Å²) in [5.41, 5.74) is 5.26. The van der Waals surface area contributed by atoms with Gasteiger partial charge in [0.05, 0.1) is 0 Å². The van der Waals surface area contributed by atoms with Gasteiger partial charge in [-0.05, 0) is 44.6 Å². The van der Waals surface area contributed by atoms with Crippen LogP contribution in [0.5, 0.6) is 0 Å². The maximum Gasteiger partial charge on any atom is 0.239 e. The molecule has 2 aliphatic rings. The van der Waals surface area contributed by atoms with Crippen molar-refractivity contribution in [3.8, 4) is 0 Å². The van der Waals surface area contributed by atoms with Crippen LogP contribution in [0.2, 0.25) is 0 Å². The molecular weight excluding hydrogens is 226 g/mol. The van der Waals surface area contributed by atoms with E-state index in [2.05, 4.69) is 31.1 Å². The van der Waals surface area contributed by atoms with Crippen molar-refractivity contribution in [1.29, 1.82) is 0 Å². The normalized spacial score (nSPS) is 23.4. The largest absolute Gasteiger partial charge is 0.368 e. The van der Waals surface area contributed by atoms with Crippen LogP contribution in [-0.4, -0.2) is 42.5 Å². The quantitative estimate of drug-likeness (QED) is 0.677. The van der Waals surface area contributed by atoms with Crippen LogP contribution in [0.15, 0.2) is 0 Å². The molecule has 0 aromatic carbocycles. The number of nitrogens with one attached hydrogen (secondary N) is 1. The molecule has 4 heteroatoms.